The van der Waals surface area contributed by atoms with E-state index in [1.54, 1.807) is 0 Å². The molecule has 3 aromatic carbocycles. The lowest BCUT2D eigenvalue weighted by Gasteiger charge is -2.21. The predicted molar refractivity (Wildman–Crippen MR) is 134 cm³/mol. The molecular formula is C28H31N2O2+. The molecule has 3 aromatic rings. The van der Waals surface area contributed by atoms with Gasteiger partial charge in [-0.25, -0.2) is 0 Å². The van der Waals surface area contributed by atoms with Gasteiger partial charge in [0.25, 0.3) is 6.47 Å². The van der Waals surface area contributed by atoms with E-state index in [4.69, 9.17) is 4.74 Å². The van der Waals surface area contributed by atoms with Crippen molar-refractivity contribution in [1.29, 1.82) is 0 Å². The lowest BCUT2D eigenvalue weighted by molar-refractivity contribution is -0.401. The third-order valence-electron chi connectivity index (χ3n) is 6.60. The molecule has 0 radical (unpaired) electrons. The fraction of sp³-hybridized carbons (Fsp3) is 0.286. The lowest BCUT2D eigenvalue weighted by atomic mass is 9.81. The fourth-order valence-electron chi connectivity index (χ4n) is 4.76. The Morgan fingerprint density at radius 3 is 2.38 bits per heavy atom. The molecule has 0 atom stereocenters. The number of carbonyl (C=O) groups is 1. The molecule has 32 heavy (non-hydrogen) atoms. The molecular weight excluding hydrogens is 396 g/mol. The Morgan fingerprint density at radius 1 is 0.938 bits per heavy atom. The Balaban J connectivity index is 1.64. The Kier molecular flexibility index (Phi) is 5.88. The van der Waals surface area contributed by atoms with Crippen molar-refractivity contribution in [2.24, 2.45) is 0 Å². The smallest absolute Gasteiger partial charge is 0.298 e. The van der Waals surface area contributed by atoms with Crippen LogP contribution in [0.5, 0.6) is 5.75 Å². The molecule has 4 rings (SSSR count). The fourth-order valence-corrected chi connectivity index (χ4v) is 4.76. The van der Waals surface area contributed by atoms with E-state index >= 15 is 0 Å². The molecule has 1 aliphatic heterocycles. The van der Waals surface area contributed by atoms with Gasteiger partial charge in [0.05, 0.1) is 5.41 Å². The minimum Gasteiger partial charge on any atom is -0.429 e. The normalized spacial score (nSPS) is 14.8. The van der Waals surface area contributed by atoms with Gasteiger partial charge in [-0.1, -0.05) is 18.2 Å². The molecule has 1 aliphatic rings. The van der Waals surface area contributed by atoms with Crippen LogP contribution in [0.1, 0.15) is 38.8 Å². The molecule has 0 saturated heterocycles. The maximum atomic E-state index is 10.7. The van der Waals surface area contributed by atoms with E-state index in [1.807, 2.05) is 18.2 Å². The molecule has 4 nitrogen and oxygen atoms in total. The van der Waals surface area contributed by atoms with E-state index < -0.39 is 0 Å². The highest BCUT2D eigenvalue weighted by Crippen LogP contribution is 2.41. The van der Waals surface area contributed by atoms with Crippen LogP contribution >= 0.6 is 0 Å². The van der Waals surface area contributed by atoms with E-state index in [0.29, 0.717) is 12.2 Å². The maximum absolute atomic E-state index is 10.7. The van der Waals surface area contributed by atoms with Gasteiger partial charge in [0.2, 0.25) is 5.69 Å². The molecule has 0 N–H and O–H groups in total. The number of hydrogen-bond donors (Lipinski definition) is 0. The first-order chi connectivity index (χ1) is 15.4. The summed E-state index contributed by atoms with van der Waals surface area (Å²) in [5.74, 6) is 0.573. The molecule has 4 heteroatoms. The minimum absolute atomic E-state index is 0.196. The monoisotopic (exact) mass is 427 g/mol. The predicted octanol–water partition coefficient (Wildman–Crippen LogP) is 5.94. The second-order valence-corrected chi connectivity index (χ2v) is 8.76. The summed E-state index contributed by atoms with van der Waals surface area (Å²) in [7, 11) is 2.09. The summed E-state index contributed by atoms with van der Waals surface area (Å²) in [6.45, 7) is 11.3. The van der Waals surface area contributed by atoms with Crippen LogP contribution < -0.4 is 9.64 Å². The second kappa shape index (κ2) is 8.62. The molecule has 0 spiro atoms. The van der Waals surface area contributed by atoms with Gasteiger partial charge in [-0.15, -0.1) is 0 Å². The van der Waals surface area contributed by atoms with Gasteiger partial charge in [0.1, 0.15) is 12.8 Å². The minimum atomic E-state index is -0.196. The number of anilines is 1. The molecule has 0 unspecified atom stereocenters. The van der Waals surface area contributed by atoms with Crippen molar-refractivity contribution < 1.29 is 14.1 Å². The third kappa shape index (κ3) is 3.81. The van der Waals surface area contributed by atoms with Crippen LogP contribution in [0.3, 0.4) is 0 Å². The highest BCUT2D eigenvalue weighted by molar-refractivity contribution is 6.05. The second-order valence-electron chi connectivity index (χ2n) is 8.76. The molecule has 1 heterocycles. The van der Waals surface area contributed by atoms with Crippen LogP contribution in [-0.2, 0) is 10.2 Å². The summed E-state index contributed by atoms with van der Waals surface area (Å²) in [5, 5.41) is 2.50. The molecule has 0 aromatic heterocycles. The molecule has 0 aliphatic carbocycles. The standard InChI is InChI=1S/C28H31N2O2/c1-6-30(7-2)23-12-11-21-16-20(8-10-22(21)17-23)9-15-27-28(3,4)25-18-24(32-19-31)13-14-26(25)29(27)5/h8-19H,6-7H2,1-5H3/q+1. The summed E-state index contributed by atoms with van der Waals surface area (Å²) >= 11 is 0. The Bertz CT molecular complexity index is 1230. The number of hydrogen-bond acceptors (Lipinski definition) is 3. The lowest BCUT2D eigenvalue weighted by Crippen LogP contribution is -2.26. The van der Waals surface area contributed by atoms with Crippen molar-refractivity contribution in [3.63, 3.8) is 0 Å². The summed E-state index contributed by atoms with van der Waals surface area (Å²) in [5.41, 5.74) is 5.74. The molecule has 0 saturated carbocycles. The summed E-state index contributed by atoms with van der Waals surface area (Å²) in [4.78, 5) is 13.1. The molecule has 0 amide bonds. The maximum Gasteiger partial charge on any atom is 0.298 e. The van der Waals surface area contributed by atoms with E-state index in [-0.39, 0.29) is 5.41 Å². The van der Waals surface area contributed by atoms with Gasteiger partial charge in [0.15, 0.2) is 5.71 Å². The number of fused-ring (bicyclic) bond motifs is 2. The first-order valence-electron chi connectivity index (χ1n) is 11.2. The van der Waals surface area contributed by atoms with E-state index in [2.05, 4.69) is 92.8 Å². The average molecular weight is 428 g/mol. The van der Waals surface area contributed by atoms with Crippen LogP contribution in [0.4, 0.5) is 11.4 Å². The zero-order valence-corrected chi connectivity index (χ0v) is 19.6. The summed E-state index contributed by atoms with van der Waals surface area (Å²) in [6, 6.07) is 19.1. The van der Waals surface area contributed by atoms with Crippen LogP contribution in [0.2, 0.25) is 0 Å². The number of nitrogens with zero attached hydrogens (tertiary/aromatic N) is 2. The highest BCUT2D eigenvalue weighted by atomic mass is 16.5. The van der Waals surface area contributed by atoms with Gasteiger partial charge in [-0.2, -0.15) is 4.58 Å². The topological polar surface area (TPSA) is 32.5 Å². The number of allylic oxidation sites excluding steroid dienone is 1. The molecule has 0 fully saturated rings. The number of carbonyl (C=O) groups excluding carboxylic acids is 1. The van der Waals surface area contributed by atoms with Gasteiger partial charge in [-0.3, -0.25) is 4.79 Å². The number of ether oxygens (including phenoxy) is 1. The van der Waals surface area contributed by atoms with Crippen molar-refractivity contribution in [1.82, 2.24) is 0 Å². The summed E-state index contributed by atoms with van der Waals surface area (Å²) < 4.78 is 7.29. The van der Waals surface area contributed by atoms with Gasteiger partial charge in [0, 0.05) is 36.5 Å². The first kappa shape index (κ1) is 21.8. The van der Waals surface area contributed by atoms with Crippen LogP contribution in [0, 0.1) is 0 Å². The SMILES string of the molecule is CCN(CC)c1ccc2cc(/C=C/C3=[N+](C)c4ccc(OC=O)cc4C3(C)C)ccc2c1. The Hall–Kier alpha value is -3.40. The largest absolute Gasteiger partial charge is 0.429 e. The quantitative estimate of drug-likeness (QED) is 0.345. The van der Waals surface area contributed by atoms with Gasteiger partial charge < -0.3 is 9.64 Å². The van der Waals surface area contributed by atoms with E-state index in [1.165, 1.54) is 27.7 Å². The number of rotatable bonds is 7. The van der Waals surface area contributed by atoms with Crippen LogP contribution in [0.25, 0.3) is 16.8 Å². The van der Waals surface area contributed by atoms with Crippen LogP contribution in [-0.4, -0.2) is 36.9 Å². The zero-order chi connectivity index (χ0) is 22.9. The number of benzene rings is 3. The van der Waals surface area contributed by atoms with Crippen molar-refractivity contribution in [3.8, 4) is 5.75 Å². The van der Waals surface area contributed by atoms with Crippen molar-refractivity contribution in [2.45, 2.75) is 33.1 Å². The van der Waals surface area contributed by atoms with Gasteiger partial charge >= 0.3 is 0 Å². The molecule has 164 valence electrons. The average Bonchev–Trinajstić information content (AvgIpc) is 2.98. The van der Waals surface area contributed by atoms with E-state index in [9.17, 15) is 4.79 Å². The van der Waals surface area contributed by atoms with Crippen molar-refractivity contribution >= 4 is 40.4 Å². The molecule has 0 bridgehead atoms. The summed E-state index contributed by atoms with van der Waals surface area (Å²) in [6.07, 6.45) is 4.38. The third-order valence-corrected chi connectivity index (χ3v) is 6.60. The van der Waals surface area contributed by atoms with Crippen molar-refractivity contribution in [3.05, 3.63) is 71.8 Å². The van der Waals surface area contributed by atoms with Crippen LogP contribution in [0.15, 0.2) is 60.7 Å². The Morgan fingerprint density at radius 2 is 1.66 bits per heavy atom. The zero-order valence-electron chi connectivity index (χ0n) is 19.6. The first-order valence-corrected chi connectivity index (χ1v) is 11.2. The van der Waals surface area contributed by atoms with Crippen molar-refractivity contribution in [2.75, 3.05) is 25.0 Å². The van der Waals surface area contributed by atoms with Gasteiger partial charge in [-0.05, 0) is 80.4 Å². The van der Waals surface area contributed by atoms with E-state index in [0.717, 1.165) is 24.3 Å². The Labute approximate surface area is 190 Å². The highest BCUT2D eigenvalue weighted by Gasteiger charge is 2.43.